The van der Waals surface area contributed by atoms with E-state index in [2.05, 4.69) is 5.32 Å². The maximum atomic E-state index is 10.3. The number of carbonyl (C=O) groups is 1. The number of hydrogen-bond acceptors (Lipinski definition) is 3. The van der Waals surface area contributed by atoms with Crippen LogP contribution in [0.2, 0.25) is 0 Å². The van der Waals surface area contributed by atoms with Crippen molar-refractivity contribution in [1.82, 2.24) is 5.32 Å². The first-order valence-electron chi connectivity index (χ1n) is 5.38. The summed E-state index contributed by atoms with van der Waals surface area (Å²) in [6.07, 6.45) is 6.58. The van der Waals surface area contributed by atoms with Crippen molar-refractivity contribution in [3.05, 3.63) is 0 Å². The molecule has 14 heavy (non-hydrogen) atoms. The minimum atomic E-state index is -0.400. The molecule has 1 saturated carbocycles. The zero-order chi connectivity index (χ0) is 10.2. The summed E-state index contributed by atoms with van der Waals surface area (Å²) in [5.74, 6) is -0.400. The fourth-order valence-corrected chi connectivity index (χ4v) is 1.81. The van der Waals surface area contributed by atoms with Crippen molar-refractivity contribution in [1.29, 1.82) is 0 Å². The second-order valence-electron chi connectivity index (χ2n) is 3.81. The van der Waals surface area contributed by atoms with Crippen LogP contribution in [0.15, 0.2) is 0 Å². The molecule has 0 atom stereocenters. The quantitative estimate of drug-likeness (QED) is 0.610. The van der Waals surface area contributed by atoms with E-state index in [1.165, 1.54) is 32.1 Å². The van der Waals surface area contributed by atoms with Crippen LogP contribution >= 0.6 is 0 Å². The van der Waals surface area contributed by atoms with E-state index in [1.807, 2.05) is 0 Å². The van der Waals surface area contributed by atoms with Crippen LogP contribution in [-0.4, -0.2) is 31.7 Å². The lowest BCUT2D eigenvalue weighted by molar-refractivity contribution is -0.122. The predicted octanol–water partition coefficient (Wildman–Crippen LogP) is 0.411. The summed E-state index contributed by atoms with van der Waals surface area (Å²) in [7, 11) is 0. The van der Waals surface area contributed by atoms with Crippen LogP contribution in [0.4, 0.5) is 0 Å². The molecule has 0 aromatic heterocycles. The van der Waals surface area contributed by atoms with Crippen molar-refractivity contribution in [3.63, 3.8) is 0 Å². The molecule has 0 bridgehead atoms. The van der Waals surface area contributed by atoms with Crippen molar-refractivity contribution in [2.75, 3.05) is 19.8 Å². The van der Waals surface area contributed by atoms with Gasteiger partial charge in [0.05, 0.1) is 6.61 Å². The number of amides is 1. The first-order chi connectivity index (χ1) is 6.79. The van der Waals surface area contributed by atoms with Crippen molar-refractivity contribution in [2.24, 2.45) is 5.73 Å². The molecule has 0 aromatic carbocycles. The average Bonchev–Trinajstić information content (AvgIpc) is 2.18. The van der Waals surface area contributed by atoms with Gasteiger partial charge in [0.2, 0.25) is 5.91 Å². The van der Waals surface area contributed by atoms with E-state index >= 15 is 0 Å². The minimum Gasteiger partial charge on any atom is -0.370 e. The Bertz CT molecular complexity index is 168. The predicted molar refractivity (Wildman–Crippen MR) is 54.9 cm³/mol. The highest BCUT2D eigenvalue weighted by Gasteiger charge is 2.11. The first kappa shape index (κ1) is 11.5. The van der Waals surface area contributed by atoms with Crippen LogP contribution in [0.3, 0.4) is 0 Å². The van der Waals surface area contributed by atoms with Crippen LogP contribution in [-0.2, 0) is 9.53 Å². The molecule has 1 aliphatic rings. The second kappa shape index (κ2) is 6.79. The zero-order valence-corrected chi connectivity index (χ0v) is 8.63. The van der Waals surface area contributed by atoms with Crippen molar-refractivity contribution in [3.8, 4) is 0 Å². The molecule has 0 saturated heterocycles. The summed E-state index contributed by atoms with van der Waals surface area (Å²) >= 11 is 0. The van der Waals surface area contributed by atoms with Gasteiger partial charge in [0.1, 0.15) is 6.61 Å². The van der Waals surface area contributed by atoms with Gasteiger partial charge in [-0.25, -0.2) is 0 Å². The van der Waals surface area contributed by atoms with Gasteiger partial charge in [-0.05, 0) is 12.8 Å². The van der Waals surface area contributed by atoms with Gasteiger partial charge in [0.15, 0.2) is 0 Å². The van der Waals surface area contributed by atoms with Gasteiger partial charge < -0.3 is 15.8 Å². The number of ether oxygens (including phenoxy) is 1. The molecule has 0 radical (unpaired) electrons. The van der Waals surface area contributed by atoms with E-state index in [0.717, 1.165) is 6.54 Å². The molecule has 1 rings (SSSR count). The van der Waals surface area contributed by atoms with E-state index in [1.54, 1.807) is 0 Å². The highest BCUT2D eigenvalue weighted by atomic mass is 16.5. The Morgan fingerprint density at radius 1 is 1.36 bits per heavy atom. The number of nitrogens with one attached hydrogen (secondary N) is 1. The molecule has 1 amide bonds. The summed E-state index contributed by atoms with van der Waals surface area (Å²) in [4.78, 5) is 10.3. The minimum absolute atomic E-state index is 0.0341. The molecule has 0 unspecified atom stereocenters. The Morgan fingerprint density at radius 3 is 2.71 bits per heavy atom. The maximum absolute atomic E-state index is 10.3. The van der Waals surface area contributed by atoms with Gasteiger partial charge in [0, 0.05) is 12.6 Å². The number of nitrogens with two attached hydrogens (primary N) is 1. The summed E-state index contributed by atoms with van der Waals surface area (Å²) in [6, 6.07) is 0.654. The standard InChI is InChI=1S/C10H20N2O2/c11-10(13)8-14-7-6-12-9-4-2-1-3-5-9/h9,12H,1-8H2,(H2,11,13). The zero-order valence-electron chi connectivity index (χ0n) is 8.63. The number of hydrogen-bond donors (Lipinski definition) is 2. The third-order valence-corrected chi connectivity index (χ3v) is 2.53. The van der Waals surface area contributed by atoms with Gasteiger partial charge >= 0.3 is 0 Å². The van der Waals surface area contributed by atoms with E-state index in [4.69, 9.17) is 10.5 Å². The third kappa shape index (κ3) is 5.19. The van der Waals surface area contributed by atoms with Crippen molar-refractivity contribution < 1.29 is 9.53 Å². The van der Waals surface area contributed by atoms with Gasteiger partial charge in [-0.1, -0.05) is 19.3 Å². The van der Waals surface area contributed by atoms with E-state index < -0.39 is 5.91 Å². The molecule has 4 nitrogen and oxygen atoms in total. The molecule has 3 N–H and O–H groups in total. The second-order valence-corrected chi connectivity index (χ2v) is 3.81. The fourth-order valence-electron chi connectivity index (χ4n) is 1.81. The molecule has 0 aliphatic heterocycles. The lowest BCUT2D eigenvalue weighted by Gasteiger charge is -2.22. The van der Waals surface area contributed by atoms with Crippen LogP contribution in [0, 0.1) is 0 Å². The topological polar surface area (TPSA) is 64.4 Å². The van der Waals surface area contributed by atoms with Crippen LogP contribution in [0.5, 0.6) is 0 Å². The molecule has 1 fully saturated rings. The summed E-state index contributed by atoms with van der Waals surface area (Å²) in [5.41, 5.74) is 4.93. The maximum Gasteiger partial charge on any atom is 0.243 e. The summed E-state index contributed by atoms with van der Waals surface area (Å²) < 4.78 is 5.05. The summed E-state index contributed by atoms with van der Waals surface area (Å²) in [5, 5.41) is 3.42. The molecule has 0 aromatic rings. The largest absolute Gasteiger partial charge is 0.370 e. The van der Waals surface area contributed by atoms with Crippen molar-refractivity contribution in [2.45, 2.75) is 38.1 Å². The lowest BCUT2D eigenvalue weighted by atomic mass is 9.96. The Hall–Kier alpha value is -0.610. The SMILES string of the molecule is NC(=O)COCCNC1CCCCC1. The monoisotopic (exact) mass is 200 g/mol. The molecule has 4 heteroatoms. The highest BCUT2D eigenvalue weighted by Crippen LogP contribution is 2.16. The van der Waals surface area contributed by atoms with Gasteiger partial charge in [0.25, 0.3) is 0 Å². The molecule has 82 valence electrons. The van der Waals surface area contributed by atoms with Gasteiger partial charge in [-0.2, -0.15) is 0 Å². The molecule has 1 aliphatic carbocycles. The third-order valence-electron chi connectivity index (χ3n) is 2.53. The smallest absolute Gasteiger partial charge is 0.243 e. The van der Waals surface area contributed by atoms with Gasteiger partial charge in [-0.3, -0.25) is 4.79 Å². The highest BCUT2D eigenvalue weighted by molar-refractivity contribution is 5.74. The molecule has 0 heterocycles. The van der Waals surface area contributed by atoms with Crippen LogP contribution in [0.1, 0.15) is 32.1 Å². The Balaban J connectivity index is 1.90. The van der Waals surface area contributed by atoms with E-state index in [9.17, 15) is 4.79 Å². The van der Waals surface area contributed by atoms with E-state index in [-0.39, 0.29) is 6.61 Å². The van der Waals surface area contributed by atoms with Crippen molar-refractivity contribution >= 4 is 5.91 Å². The number of carbonyl (C=O) groups excluding carboxylic acids is 1. The Labute approximate surface area is 85.2 Å². The summed E-state index contributed by atoms with van der Waals surface area (Å²) in [6.45, 7) is 1.42. The Morgan fingerprint density at radius 2 is 2.07 bits per heavy atom. The average molecular weight is 200 g/mol. The number of rotatable bonds is 6. The van der Waals surface area contributed by atoms with Crippen LogP contribution < -0.4 is 11.1 Å². The molecular formula is C10H20N2O2. The molecule has 0 spiro atoms. The normalized spacial score (nSPS) is 18.3. The molecular weight excluding hydrogens is 180 g/mol. The lowest BCUT2D eigenvalue weighted by Crippen LogP contribution is -2.34. The van der Waals surface area contributed by atoms with Crippen LogP contribution in [0.25, 0.3) is 0 Å². The fraction of sp³-hybridized carbons (Fsp3) is 0.900. The number of primary amides is 1. The Kier molecular flexibility index (Phi) is 5.56. The van der Waals surface area contributed by atoms with Gasteiger partial charge in [-0.15, -0.1) is 0 Å². The first-order valence-corrected chi connectivity index (χ1v) is 5.38. The van der Waals surface area contributed by atoms with E-state index in [0.29, 0.717) is 12.6 Å².